The first-order chi connectivity index (χ1) is 8.04. The van der Waals surface area contributed by atoms with Crippen molar-refractivity contribution < 1.29 is 9.60 Å². The summed E-state index contributed by atoms with van der Waals surface area (Å²) in [5.41, 5.74) is -0.326. The molecule has 0 atom stereocenters. The molecule has 0 aromatic carbocycles. The Bertz CT molecular complexity index is 486. The first kappa shape index (κ1) is 2.60. The number of aryl methyl sites for hydroxylation is 1. The van der Waals surface area contributed by atoms with Gasteiger partial charge in [0, 0.05) is 21.5 Å². The second-order valence-corrected chi connectivity index (χ2v) is 1.79. The topological polar surface area (TPSA) is 36.7 Å². The SMILES string of the molecule is [2H]C([2H])([2H])C([2H])([2H])C([2H])([2H])c1cc(C#N)ccn1. The van der Waals surface area contributed by atoms with Crippen LogP contribution in [0.2, 0.25) is 0 Å². The number of hydrogen-bond donors (Lipinski definition) is 0. The van der Waals surface area contributed by atoms with Crippen molar-refractivity contribution in [3.63, 3.8) is 0 Å². The van der Waals surface area contributed by atoms with Crippen LogP contribution in [0, 0.1) is 11.3 Å². The minimum absolute atomic E-state index is 0.0882. The van der Waals surface area contributed by atoms with Gasteiger partial charge in [0.2, 0.25) is 0 Å². The van der Waals surface area contributed by atoms with Crippen molar-refractivity contribution in [1.82, 2.24) is 4.98 Å². The molecule has 0 radical (unpaired) electrons. The lowest BCUT2D eigenvalue weighted by molar-refractivity contribution is 0.881. The first-order valence-electron chi connectivity index (χ1n) is 6.40. The molecule has 0 saturated carbocycles. The first-order valence-corrected chi connectivity index (χ1v) is 2.90. The van der Waals surface area contributed by atoms with Crippen LogP contribution in [0.25, 0.3) is 0 Å². The van der Waals surface area contributed by atoms with Gasteiger partial charge in [-0.25, -0.2) is 0 Å². The maximum Gasteiger partial charge on any atom is 0.0992 e. The highest BCUT2D eigenvalue weighted by atomic mass is 14.7. The average Bonchev–Trinajstić information content (AvgIpc) is 2.27. The molecule has 0 unspecified atom stereocenters. The number of hydrogen-bond acceptors (Lipinski definition) is 2. The second-order valence-electron chi connectivity index (χ2n) is 1.79. The van der Waals surface area contributed by atoms with Gasteiger partial charge in [-0.2, -0.15) is 5.26 Å². The van der Waals surface area contributed by atoms with Crippen molar-refractivity contribution in [2.45, 2.75) is 19.6 Å². The molecular formula is C9H10N2. The summed E-state index contributed by atoms with van der Waals surface area (Å²) in [4.78, 5) is 3.62. The maximum atomic E-state index is 8.69. The van der Waals surface area contributed by atoms with Crippen molar-refractivity contribution in [2.75, 3.05) is 0 Å². The Labute approximate surface area is 76.3 Å². The zero-order chi connectivity index (χ0) is 14.2. The molecule has 0 amide bonds. The molecule has 0 aliphatic carbocycles. The van der Waals surface area contributed by atoms with Crippen molar-refractivity contribution in [2.24, 2.45) is 0 Å². The van der Waals surface area contributed by atoms with Crippen LogP contribution >= 0.6 is 0 Å². The molecule has 0 fully saturated rings. The van der Waals surface area contributed by atoms with E-state index in [9.17, 15) is 0 Å². The van der Waals surface area contributed by atoms with E-state index in [0.717, 1.165) is 12.3 Å². The number of nitriles is 1. The van der Waals surface area contributed by atoms with Crippen LogP contribution in [0.1, 0.15) is 34.1 Å². The molecule has 0 spiro atoms. The molecular weight excluding hydrogens is 136 g/mol. The van der Waals surface area contributed by atoms with E-state index < -0.39 is 25.3 Å². The van der Waals surface area contributed by atoms with Gasteiger partial charge < -0.3 is 0 Å². The number of rotatable bonds is 2. The van der Waals surface area contributed by atoms with Gasteiger partial charge >= 0.3 is 0 Å². The van der Waals surface area contributed by atoms with Crippen molar-refractivity contribution >= 4 is 0 Å². The molecule has 56 valence electrons. The smallest absolute Gasteiger partial charge is 0.0992 e. The standard InChI is InChI=1S/C9H10N2/c1-2-3-9-6-8(7-10)4-5-11-9/h4-6H,2-3H2,1H3/i1D3,2D2,3D2. The minimum atomic E-state index is -3.14. The van der Waals surface area contributed by atoms with Crippen molar-refractivity contribution in [3.8, 4) is 6.07 Å². The largest absolute Gasteiger partial charge is 0.261 e. The lowest BCUT2D eigenvalue weighted by Gasteiger charge is -1.95. The molecule has 0 aliphatic heterocycles. The summed E-state index contributed by atoms with van der Waals surface area (Å²) in [6.07, 6.45) is -4.80. The fraction of sp³-hybridized carbons (Fsp3) is 0.333. The predicted molar refractivity (Wildman–Crippen MR) is 42.9 cm³/mol. The quantitative estimate of drug-likeness (QED) is 0.650. The van der Waals surface area contributed by atoms with Gasteiger partial charge in [-0.1, -0.05) is 13.2 Å². The van der Waals surface area contributed by atoms with Crippen LogP contribution in [0.4, 0.5) is 0 Å². The van der Waals surface area contributed by atoms with E-state index in [1.807, 2.05) is 0 Å². The lowest BCUT2D eigenvalue weighted by Crippen LogP contribution is -1.88. The third-order valence-electron chi connectivity index (χ3n) is 1.08. The maximum absolute atomic E-state index is 8.69. The Kier molecular flexibility index (Phi) is 0.879. The lowest BCUT2D eigenvalue weighted by atomic mass is 10.2. The van der Waals surface area contributed by atoms with Crippen molar-refractivity contribution in [3.05, 3.63) is 29.6 Å². The summed E-state index contributed by atoms with van der Waals surface area (Å²) in [5, 5.41) is 8.69. The Morgan fingerprint density at radius 1 is 1.91 bits per heavy atom. The van der Waals surface area contributed by atoms with Gasteiger partial charge in [-0.3, -0.25) is 4.98 Å². The van der Waals surface area contributed by atoms with Crippen LogP contribution in [0.5, 0.6) is 0 Å². The van der Waals surface area contributed by atoms with Gasteiger partial charge in [-0.15, -0.1) is 0 Å². The van der Waals surface area contributed by atoms with E-state index in [-0.39, 0.29) is 5.56 Å². The highest BCUT2D eigenvalue weighted by molar-refractivity contribution is 5.28. The monoisotopic (exact) mass is 153 g/mol. The zero-order valence-corrected chi connectivity index (χ0v) is 5.63. The molecule has 1 rings (SSSR count). The van der Waals surface area contributed by atoms with Gasteiger partial charge in [0.1, 0.15) is 0 Å². The van der Waals surface area contributed by atoms with E-state index in [0.29, 0.717) is 0 Å². The number of aromatic nitrogens is 1. The van der Waals surface area contributed by atoms with E-state index >= 15 is 0 Å². The van der Waals surface area contributed by atoms with Gasteiger partial charge in [0.25, 0.3) is 0 Å². The van der Waals surface area contributed by atoms with Gasteiger partial charge in [0.05, 0.1) is 11.6 Å². The Balaban J connectivity index is 3.33. The highest BCUT2D eigenvalue weighted by Gasteiger charge is 1.93. The third kappa shape index (κ3) is 2.05. The molecule has 0 bridgehead atoms. The molecule has 2 nitrogen and oxygen atoms in total. The molecule has 0 N–H and O–H groups in total. The Hall–Kier alpha value is -1.36. The summed E-state index contributed by atoms with van der Waals surface area (Å²) in [7, 11) is 0. The molecule has 1 heterocycles. The van der Waals surface area contributed by atoms with E-state index in [1.54, 1.807) is 6.07 Å². The van der Waals surface area contributed by atoms with Crippen molar-refractivity contribution in [1.29, 1.82) is 5.26 Å². The molecule has 0 aliphatic rings. The van der Waals surface area contributed by atoms with Gasteiger partial charge in [0.15, 0.2) is 0 Å². The van der Waals surface area contributed by atoms with E-state index in [2.05, 4.69) is 4.98 Å². The molecule has 2 heteroatoms. The van der Waals surface area contributed by atoms with E-state index in [1.165, 1.54) is 6.07 Å². The van der Waals surface area contributed by atoms with Crippen LogP contribution in [0.3, 0.4) is 0 Å². The second kappa shape index (κ2) is 3.72. The third-order valence-corrected chi connectivity index (χ3v) is 1.08. The summed E-state index contributed by atoms with van der Waals surface area (Å²) in [5.74, 6) is 0. The molecule has 1 aromatic heterocycles. The fourth-order valence-electron chi connectivity index (χ4n) is 0.632. The highest BCUT2D eigenvalue weighted by Crippen LogP contribution is 2.02. The van der Waals surface area contributed by atoms with Crippen LogP contribution in [-0.2, 0) is 6.37 Å². The molecule has 11 heavy (non-hydrogen) atoms. The number of nitrogens with zero attached hydrogens (tertiary/aromatic N) is 2. The Morgan fingerprint density at radius 2 is 2.82 bits per heavy atom. The zero-order valence-electron chi connectivity index (χ0n) is 12.6. The summed E-state index contributed by atoms with van der Waals surface area (Å²) in [6, 6.07) is 4.13. The average molecular weight is 153 g/mol. The van der Waals surface area contributed by atoms with Gasteiger partial charge in [-0.05, 0) is 18.5 Å². The minimum Gasteiger partial charge on any atom is -0.261 e. The van der Waals surface area contributed by atoms with Crippen LogP contribution in [-0.4, -0.2) is 4.98 Å². The fourth-order valence-corrected chi connectivity index (χ4v) is 0.632. The summed E-state index contributed by atoms with van der Waals surface area (Å²) in [6.45, 7) is -3.14. The number of pyridine rings is 1. The summed E-state index contributed by atoms with van der Waals surface area (Å²) >= 11 is 0. The summed E-state index contributed by atoms with van der Waals surface area (Å²) < 4.78 is 51.4. The predicted octanol–water partition coefficient (Wildman–Crippen LogP) is 1.91. The van der Waals surface area contributed by atoms with E-state index in [4.69, 9.17) is 14.9 Å². The normalized spacial score (nSPS) is 22.3. The van der Waals surface area contributed by atoms with Crippen LogP contribution < -0.4 is 0 Å². The molecule has 1 aromatic rings. The van der Waals surface area contributed by atoms with Crippen LogP contribution in [0.15, 0.2) is 18.3 Å². The Morgan fingerprint density at radius 3 is 3.55 bits per heavy atom. The molecule has 0 saturated heterocycles.